The molecule has 5 rings (SSSR count). The second-order valence-electron chi connectivity index (χ2n) is 9.50. The van der Waals surface area contributed by atoms with Crippen LogP contribution in [0.5, 0.6) is 0 Å². The summed E-state index contributed by atoms with van der Waals surface area (Å²) in [6.07, 6.45) is 0.0698. The fourth-order valence-corrected chi connectivity index (χ4v) is 5.32. The Bertz CT molecular complexity index is 1210. The van der Waals surface area contributed by atoms with Crippen molar-refractivity contribution < 1.29 is 14.7 Å². The topological polar surface area (TPSA) is 64.1 Å². The van der Waals surface area contributed by atoms with E-state index in [0.29, 0.717) is 61.8 Å². The maximum Gasteiger partial charge on any atom is 0.254 e. The number of aliphatic hydroxyl groups is 1. The molecule has 2 aliphatic rings. The summed E-state index contributed by atoms with van der Waals surface area (Å²) in [5.74, 6) is -0.0512. The first kappa shape index (κ1) is 24.5. The minimum Gasteiger partial charge on any atom is -0.390 e. The Hall–Kier alpha value is -3.19. The molecule has 0 bridgehead atoms. The van der Waals surface area contributed by atoms with Crippen LogP contribution in [0, 0.1) is 0 Å². The third-order valence-corrected chi connectivity index (χ3v) is 7.45. The number of halogens is 1. The molecular weight excluding hydrogens is 474 g/mol. The Kier molecular flexibility index (Phi) is 7.37. The van der Waals surface area contributed by atoms with Crippen LogP contribution < -0.4 is 0 Å². The summed E-state index contributed by atoms with van der Waals surface area (Å²) < 4.78 is 0. The fraction of sp³-hybridized carbons (Fsp3) is 0.310. The van der Waals surface area contributed by atoms with Gasteiger partial charge >= 0.3 is 0 Å². The molecule has 2 aliphatic heterocycles. The van der Waals surface area contributed by atoms with E-state index in [1.54, 1.807) is 29.2 Å². The average Bonchev–Trinajstić information content (AvgIpc) is 3.31. The monoisotopic (exact) mass is 503 g/mol. The number of piperazine rings is 1. The number of carbonyl (C=O) groups is 2. The third-order valence-electron chi connectivity index (χ3n) is 7.19. The fourth-order valence-electron chi connectivity index (χ4n) is 5.20. The molecule has 7 heteroatoms. The Balaban J connectivity index is 1.21. The van der Waals surface area contributed by atoms with E-state index in [9.17, 15) is 14.7 Å². The normalized spacial score (nSPS) is 20.5. The van der Waals surface area contributed by atoms with E-state index < -0.39 is 6.10 Å². The second-order valence-corrected chi connectivity index (χ2v) is 9.94. The molecule has 2 amide bonds. The average molecular weight is 504 g/mol. The van der Waals surface area contributed by atoms with Crippen LogP contribution in [0.4, 0.5) is 0 Å². The molecular formula is C29H30ClN3O3. The van der Waals surface area contributed by atoms with Crippen LogP contribution in [-0.2, 0) is 6.42 Å². The van der Waals surface area contributed by atoms with E-state index in [1.165, 1.54) is 0 Å². The molecule has 2 heterocycles. The van der Waals surface area contributed by atoms with E-state index in [4.69, 9.17) is 11.6 Å². The number of nitrogens with zero attached hydrogens (tertiary/aromatic N) is 3. The number of hydrogen-bond acceptors (Lipinski definition) is 4. The molecule has 2 atom stereocenters. The Morgan fingerprint density at radius 2 is 1.44 bits per heavy atom. The van der Waals surface area contributed by atoms with Crippen molar-refractivity contribution in [3.63, 3.8) is 0 Å². The minimum absolute atomic E-state index is 0.00915. The van der Waals surface area contributed by atoms with Crippen molar-refractivity contribution in [2.45, 2.75) is 18.6 Å². The van der Waals surface area contributed by atoms with Crippen LogP contribution in [0.2, 0.25) is 5.02 Å². The van der Waals surface area contributed by atoms with Gasteiger partial charge in [-0.1, -0.05) is 60.1 Å². The summed E-state index contributed by atoms with van der Waals surface area (Å²) in [7, 11) is 0. The maximum absolute atomic E-state index is 13.5. The number of carbonyl (C=O) groups excluding carboxylic acids is 2. The first-order valence-electron chi connectivity index (χ1n) is 12.4. The molecule has 0 radical (unpaired) electrons. The largest absolute Gasteiger partial charge is 0.390 e. The van der Waals surface area contributed by atoms with Crippen LogP contribution >= 0.6 is 11.6 Å². The van der Waals surface area contributed by atoms with Crippen LogP contribution in [0.15, 0.2) is 78.9 Å². The van der Waals surface area contributed by atoms with E-state index in [1.807, 2.05) is 47.4 Å². The van der Waals surface area contributed by atoms with Crippen LogP contribution in [0.3, 0.4) is 0 Å². The maximum atomic E-state index is 13.5. The van der Waals surface area contributed by atoms with Crippen LogP contribution in [0.25, 0.3) is 0 Å². The van der Waals surface area contributed by atoms with Crippen molar-refractivity contribution in [2.24, 2.45) is 0 Å². The number of aliphatic hydroxyl groups excluding tert-OH is 1. The number of hydrogen-bond donors (Lipinski definition) is 1. The number of β-amino-alcohol motifs (C(OH)–C–C–N with tert-alkyl or cyclic N) is 1. The minimum atomic E-state index is -0.617. The summed E-state index contributed by atoms with van der Waals surface area (Å²) in [5.41, 5.74) is 3.45. The number of benzene rings is 3. The molecule has 0 aromatic heterocycles. The van der Waals surface area contributed by atoms with Crippen LogP contribution in [-0.4, -0.2) is 83.0 Å². The predicted octanol–water partition coefficient (Wildman–Crippen LogP) is 3.57. The van der Waals surface area contributed by atoms with Gasteiger partial charge in [0.1, 0.15) is 0 Å². The lowest BCUT2D eigenvalue weighted by molar-refractivity contribution is 0.0376. The summed E-state index contributed by atoms with van der Waals surface area (Å²) in [4.78, 5) is 32.1. The molecule has 186 valence electrons. The summed E-state index contributed by atoms with van der Waals surface area (Å²) in [6.45, 7) is 3.27. The number of likely N-dealkylation sites (tertiary alicyclic amines) is 1. The molecule has 0 saturated carbocycles. The Labute approximate surface area is 216 Å². The van der Waals surface area contributed by atoms with Gasteiger partial charge in [-0.25, -0.2) is 0 Å². The van der Waals surface area contributed by atoms with Crippen molar-refractivity contribution in [3.05, 3.63) is 106 Å². The molecule has 2 unspecified atom stereocenters. The lowest BCUT2D eigenvalue weighted by Crippen LogP contribution is -2.54. The highest BCUT2D eigenvalue weighted by molar-refractivity contribution is 6.30. The Morgan fingerprint density at radius 1 is 0.778 bits per heavy atom. The molecule has 0 spiro atoms. The van der Waals surface area contributed by atoms with Gasteiger partial charge in [-0.3, -0.25) is 14.5 Å². The van der Waals surface area contributed by atoms with Crippen molar-refractivity contribution >= 4 is 23.4 Å². The second kappa shape index (κ2) is 10.8. The van der Waals surface area contributed by atoms with Gasteiger partial charge in [0, 0.05) is 55.4 Å². The molecule has 0 aliphatic carbocycles. The zero-order chi connectivity index (χ0) is 25.1. The first-order chi connectivity index (χ1) is 17.5. The molecule has 36 heavy (non-hydrogen) atoms. The van der Waals surface area contributed by atoms with Gasteiger partial charge in [-0.2, -0.15) is 0 Å². The van der Waals surface area contributed by atoms with Crippen molar-refractivity contribution in [1.82, 2.24) is 14.7 Å². The van der Waals surface area contributed by atoms with Gasteiger partial charge < -0.3 is 14.9 Å². The molecule has 1 N–H and O–H groups in total. The van der Waals surface area contributed by atoms with E-state index in [-0.39, 0.29) is 17.9 Å². The number of amides is 2. The van der Waals surface area contributed by atoms with Crippen molar-refractivity contribution in [1.29, 1.82) is 0 Å². The van der Waals surface area contributed by atoms with Gasteiger partial charge in [-0.05, 0) is 47.9 Å². The van der Waals surface area contributed by atoms with Crippen molar-refractivity contribution in [2.75, 3.05) is 39.3 Å². The van der Waals surface area contributed by atoms with Gasteiger partial charge in [0.2, 0.25) is 0 Å². The predicted molar refractivity (Wildman–Crippen MR) is 140 cm³/mol. The zero-order valence-corrected chi connectivity index (χ0v) is 20.8. The van der Waals surface area contributed by atoms with Gasteiger partial charge in [0.15, 0.2) is 0 Å². The summed E-state index contributed by atoms with van der Waals surface area (Å²) in [6, 6.07) is 24.7. The lowest BCUT2D eigenvalue weighted by Gasteiger charge is -2.38. The number of rotatable bonds is 5. The Morgan fingerprint density at radius 3 is 2.17 bits per heavy atom. The molecule has 3 aromatic rings. The quantitative estimate of drug-likeness (QED) is 0.578. The van der Waals surface area contributed by atoms with Gasteiger partial charge in [0.25, 0.3) is 11.8 Å². The zero-order valence-electron chi connectivity index (χ0n) is 20.1. The molecule has 2 saturated heterocycles. The van der Waals surface area contributed by atoms with Crippen LogP contribution in [0.1, 0.15) is 31.8 Å². The SMILES string of the molecule is O=C(c1ccc(Cl)cc1)N1CCN(C2CN(C(=O)c3ccccc3Cc3ccccc3)CC2O)CC1. The van der Waals surface area contributed by atoms with E-state index in [2.05, 4.69) is 17.0 Å². The highest BCUT2D eigenvalue weighted by atomic mass is 35.5. The highest BCUT2D eigenvalue weighted by Crippen LogP contribution is 2.23. The summed E-state index contributed by atoms with van der Waals surface area (Å²) in [5, 5.41) is 11.5. The first-order valence-corrected chi connectivity index (χ1v) is 12.8. The smallest absolute Gasteiger partial charge is 0.254 e. The standard InChI is InChI=1S/C29H30ClN3O3/c30-24-12-10-22(11-13-24)28(35)32-16-14-31(15-17-32)26-19-33(20-27(26)34)29(36)25-9-5-4-8-23(25)18-21-6-2-1-3-7-21/h1-13,26-27,34H,14-20H2. The lowest BCUT2D eigenvalue weighted by atomic mass is 9.99. The van der Waals surface area contributed by atoms with Gasteiger partial charge in [0.05, 0.1) is 12.1 Å². The van der Waals surface area contributed by atoms with E-state index in [0.717, 1.165) is 11.1 Å². The van der Waals surface area contributed by atoms with Gasteiger partial charge in [-0.15, -0.1) is 0 Å². The molecule has 6 nitrogen and oxygen atoms in total. The van der Waals surface area contributed by atoms with E-state index >= 15 is 0 Å². The molecule has 2 fully saturated rings. The highest BCUT2D eigenvalue weighted by Gasteiger charge is 2.39. The third kappa shape index (κ3) is 5.31. The summed E-state index contributed by atoms with van der Waals surface area (Å²) >= 11 is 5.94. The van der Waals surface area contributed by atoms with Crippen molar-refractivity contribution in [3.8, 4) is 0 Å². The molecule has 3 aromatic carbocycles.